The van der Waals surface area contributed by atoms with E-state index in [1.54, 1.807) is 7.11 Å². The van der Waals surface area contributed by atoms with Gasteiger partial charge in [0.15, 0.2) is 5.78 Å². The minimum absolute atomic E-state index is 0.122. The third-order valence-electron chi connectivity index (χ3n) is 5.33. The van der Waals surface area contributed by atoms with Gasteiger partial charge < -0.3 is 4.74 Å². The molecule has 4 unspecified atom stereocenters. The van der Waals surface area contributed by atoms with Crippen molar-refractivity contribution in [2.45, 2.75) is 52.6 Å². The van der Waals surface area contributed by atoms with E-state index >= 15 is 0 Å². The van der Waals surface area contributed by atoms with E-state index in [-0.39, 0.29) is 5.60 Å². The quantitative estimate of drug-likeness (QED) is 0.748. The first kappa shape index (κ1) is 13.8. The molecule has 0 amide bonds. The highest BCUT2D eigenvalue weighted by Crippen LogP contribution is 2.50. The Morgan fingerprint density at radius 2 is 2.11 bits per heavy atom. The highest BCUT2D eigenvalue weighted by Gasteiger charge is 2.49. The second kappa shape index (κ2) is 4.80. The zero-order chi connectivity index (χ0) is 13.5. The van der Waals surface area contributed by atoms with Crippen molar-refractivity contribution in [3.8, 4) is 0 Å². The molecule has 0 aromatic rings. The maximum Gasteiger partial charge on any atom is 0.158 e. The van der Waals surface area contributed by atoms with Gasteiger partial charge in [0.05, 0.1) is 5.60 Å². The molecule has 18 heavy (non-hydrogen) atoms. The minimum Gasteiger partial charge on any atom is -0.378 e. The van der Waals surface area contributed by atoms with E-state index in [1.165, 1.54) is 6.42 Å². The molecule has 0 spiro atoms. The number of allylic oxidation sites excluding steroid dienone is 2. The van der Waals surface area contributed by atoms with Crippen molar-refractivity contribution < 1.29 is 9.53 Å². The van der Waals surface area contributed by atoms with Crippen molar-refractivity contribution >= 4 is 5.78 Å². The Balaban J connectivity index is 2.36. The number of ketones is 1. The smallest absolute Gasteiger partial charge is 0.158 e. The van der Waals surface area contributed by atoms with Crippen molar-refractivity contribution in [1.29, 1.82) is 0 Å². The lowest BCUT2D eigenvalue weighted by atomic mass is 9.58. The van der Waals surface area contributed by atoms with Gasteiger partial charge in [0.25, 0.3) is 0 Å². The highest BCUT2D eigenvalue weighted by molar-refractivity contribution is 5.95. The van der Waals surface area contributed by atoms with E-state index in [9.17, 15) is 4.79 Å². The van der Waals surface area contributed by atoms with Gasteiger partial charge in [-0.15, -0.1) is 0 Å². The van der Waals surface area contributed by atoms with Gasteiger partial charge in [-0.25, -0.2) is 0 Å². The Labute approximate surface area is 111 Å². The molecule has 2 aliphatic rings. The fraction of sp³-hybridized carbons (Fsp3) is 0.812. The van der Waals surface area contributed by atoms with Gasteiger partial charge >= 0.3 is 0 Å². The van der Waals surface area contributed by atoms with Crippen LogP contribution in [0.4, 0.5) is 0 Å². The van der Waals surface area contributed by atoms with Gasteiger partial charge in [-0.3, -0.25) is 4.79 Å². The number of hydrogen-bond acceptors (Lipinski definition) is 2. The number of carbonyl (C=O) groups excluding carboxylic acids is 1. The van der Waals surface area contributed by atoms with Crippen LogP contribution in [0.15, 0.2) is 11.6 Å². The van der Waals surface area contributed by atoms with E-state index in [1.807, 2.05) is 6.92 Å². The summed E-state index contributed by atoms with van der Waals surface area (Å²) in [4.78, 5) is 12.0. The van der Waals surface area contributed by atoms with Gasteiger partial charge in [0.1, 0.15) is 0 Å². The SMILES string of the molecule is COC1(C)CCC(C(C)C)C2C=C(C)C(=O)CC21. The molecule has 2 rings (SSSR count). The van der Waals surface area contributed by atoms with E-state index in [0.29, 0.717) is 35.9 Å². The second-order valence-electron chi connectivity index (χ2n) is 6.62. The van der Waals surface area contributed by atoms with Gasteiger partial charge in [-0.1, -0.05) is 19.9 Å². The number of hydrogen-bond donors (Lipinski definition) is 0. The summed E-state index contributed by atoms with van der Waals surface area (Å²) in [6.07, 6.45) is 5.19. The van der Waals surface area contributed by atoms with Gasteiger partial charge in [-0.2, -0.15) is 0 Å². The predicted molar refractivity (Wildman–Crippen MR) is 73.3 cm³/mol. The number of methoxy groups -OCH3 is 1. The molecule has 4 atom stereocenters. The fourth-order valence-corrected chi connectivity index (χ4v) is 3.90. The molecule has 0 aliphatic heterocycles. The molecular formula is C16H26O2. The maximum absolute atomic E-state index is 12.0. The molecule has 0 aromatic heterocycles. The molecule has 0 aromatic carbocycles. The van der Waals surface area contributed by atoms with Crippen LogP contribution >= 0.6 is 0 Å². The van der Waals surface area contributed by atoms with Crippen LogP contribution in [-0.2, 0) is 9.53 Å². The molecule has 0 N–H and O–H groups in total. The molecule has 1 saturated carbocycles. The Morgan fingerprint density at radius 1 is 1.44 bits per heavy atom. The molecular weight excluding hydrogens is 224 g/mol. The van der Waals surface area contributed by atoms with E-state index in [0.717, 1.165) is 12.0 Å². The number of Topliss-reactive ketones (excluding diaryl/α,β-unsaturated/α-hetero) is 1. The summed E-state index contributed by atoms with van der Waals surface area (Å²) in [6, 6.07) is 0. The topological polar surface area (TPSA) is 26.3 Å². The summed E-state index contributed by atoms with van der Waals surface area (Å²) in [5, 5.41) is 0. The van der Waals surface area contributed by atoms with Crippen molar-refractivity contribution in [2.75, 3.05) is 7.11 Å². The van der Waals surface area contributed by atoms with Crippen molar-refractivity contribution in [3.63, 3.8) is 0 Å². The van der Waals surface area contributed by atoms with Crippen LogP contribution in [0.1, 0.15) is 47.0 Å². The fourth-order valence-electron chi connectivity index (χ4n) is 3.90. The van der Waals surface area contributed by atoms with Crippen LogP contribution in [-0.4, -0.2) is 18.5 Å². The third kappa shape index (κ3) is 2.16. The van der Waals surface area contributed by atoms with Gasteiger partial charge in [0, 0.05) is 19.4 Å². The summed E-state index contributed by atoms with van der Waals surface area (Å²) in [7, 11) is 1.79. The Hall–Kier alpha value is -0.630. The summed E-state index contributed by atoms with van der Waals surface area (Å²) in [5.41, 5.74) is 0.838. The monoisotopic (exact) mass is 250 g/mol. The lowest BCUT2D eigenvalue weighted by Gasteiger charge is -2.50. The largest absolute Gasteiger partial charge is 0.378 e. The van der Waals surface area contributed by atoms with Crippen LogP contribution < -0.4 is 0 Å². The number of carbonyl (C=O) groups is 1. The molecule has 2 heteroatoms. The Bertz CT molecular complexity index is 369. The zero-order valence-corrected chi connectivity index (χ0v) is 12.3. The molecule has 0 radical (unpaired) electrons. The average Bonchev–Trinajstić information content (AvgIpc) is 2.32. The molecule has 2 nitrogen and oxygen atoms in total. The van der Waals surface area contributed by atoms with Crippen LogP contribution in [0.3, 0.4) is 0 Å². The van der Waals surface area contributed by atoms with Gasteiger partial charge in [0.2, 0.25) is 0 Å². The van der Waals surface area contributed by atoms with Crippen molar-refractivity contribution in [1.82, 2.24) is 0 Å². The number of ether oxygens (including phenoxy) is 1. The summed E-state index contributed by atoms with van der Waals surface area (Å²) in [6.45, 7) is 8.76. The first-order chi connectivity index (χ1) is 8.39. The summed E-state index contributed by atoms with van der Waals surface area (Å²) < 4.78 is 5.78. The molecule has 0 saturated heterocycles. The predicted octanol–water partition coefficient (Wildman–Crippen LogP) is 3.61. The third-order valence-corrected chi connectivity index (χ3v) is 5.33. The van der Waals surface area contributed by atoms with Crippen LogP contribution in [0.25, 0.3) is 0 Å². The second-order valence-corrected chi connectivity index (χ2v) is 6.62. The van der Waals surface area contributed by atoms with Crippen molar-refractivity contribution in [2.24, 2.45) is 23.7 Å². The molecule has 0 heterocycles. The average molecular weight is 250 g/mol. The van der Waals surface area contributed by atoms with E-state index < -0.39 is 0 Å². The zero-order valence-electron chi connectivity index (χ0n) is 12.3. The lowest BCUT2D eigenvalue weighted by molar-refractivity contribution is -0.132. The molecule has 1 fully saturated rings. The normalized spacial score (nSPS) is 40.7. The summed E-state index contributed by atoms with van der Waals surface area (Å²) >= 11 is 0. The molecule has 102 valence electrons. The van der Waals surface area contributed by atoms with Crippen LogP contribution in [0.2, 0.25) is 0 Å². The van der Waals surface area contributed by atoms with E-state index in [4.69, 9.17) is 4.74 Å². The first-order valence-corrected chi connectivity index (χ1v) is 7.16. The lowest BCUT2D eigenvalue weighted by Crippen LogP contribution is -2.50. The molecule has 2 aliphatic carbocycles. The summed E-state index contributed by atoms with van der Waals surface area (Å²) in [5.74, 6) is 2.56. The number of fused-ring (bicyclic) bond motifs is 1. The minimum atomic E-state index is -0.122. The Kier molecular flexibility index (Phi) is 3.68. The highest BCUT2D eigenvalue weighted by atomic mass is 16.5. The first-order valence-electron chi connectivity index (χ1n) is 7.16. The van der Waals surface area contributed by atoms with Crippen LogP contribution in [0.5, 0.6) is 0 Å². The van der Waals surface area contributed by atoms with Crippen LogP contribution in [0, 0.1) is 23.7 Å². The van der Waals surface area contributed by atoms with E-state index in [2.05, 4.69) is 26.8 Å². The van der Waals surface area contributed by atoms with Gasteiger partial charge in [-0.05, 0) is 50.0 Å². The standard InChI is InChI=1S/C16H26O2/c1-10(2)12-6-7-16(4,18-5)14-9-15(17)11(3)8-13(12)14/h8,10,12-14H,6-7,9H2,1-5H3. The van der Waals surface area contributed by atoms with Crippen molar-refractivity contribution in [3.05, 3.63) is 11.6 Å². The maximum atomic E-state index is 12.0. The molecule has 0 bridgehead atoms. The number of rotatable bonds is 2. The Morgan fingerprint density at radius 3 is 2.67 bits per heavy atom.